The Morgan fingerprint density at radius 3 is 2.81 bits per heavy atom. The molecule has 2 saturated carbocycles. The van der Waals surface area contributed by atoms with E-state index in [1.54, 1.807) is 31.4 Å². The van der Waals surface area contributed by atoms with Crippen molar-refractivity contribution in [2.75, 3.05) is 17.7 Å². The van der Waals surface area contributed by atoms with Gasteiger partial charge < -0.3 is 25.6 Å². The summed E-state index contributed by atoms with van der Waals surface area (Å²) >= 11 is 0. The van der Waals surface area contributed by atoms with Crippen LogP contribution in [0.5, 0.6) is 0 Å². The molecule has 4 atom stereocenters. The van der Waals surface area contributed by atoms with E-state index in [0.29, 0.717) is 30.1 Å². The van der Waals surface area contributed by atoms with Crippen LogP contribution in [0.3, 0.4) is 0 Å². The zero-order chi connectivity index (χ0) is 21.7. The van der Waals surface area contributed by atoms with Gasteiger partial charge in [-0.15, -0.1) is 0 Å². The summed E-state index contributed by atoms with van der Waals surface area (Å²) in [7, 11) is 1.70. The number of hydrogen-bond acceptors (Lipinski definition) is 7. The smallest absolute Gasteiger partial charge is 0.274 e. The Morgan fingerprint density at radius 1 is 1.35 bits per heavy atom. The van der Waals surface area contributed by atoms with Gasteiger partial charge in [0.15, 0.2) is 5.65 Å². The number of carbonyl (C=O) groups is 1. The first-order valence-electron chi connectivity index (χ1n) is 10.1. The Kier molecular flexibility index (Phi) is 4.62. The van der Waals surface area contributed by atoms with Gasteiger partial charge in [-0.05, 0) is 25.0 Å². The average molecular weight is 427 g/mol. The molecule has 0 spiro atoms. The quantitative estimate of drug-likeness (QED) is 0.466. The number of aliphatic hydroxyl groups excluding tert-OH is 1. The molecule has 2 aliphatic carbocycles. The lowest BCUT2D eigenvalue weighted by Gasteiger charge is -2.32. The summed E-state index contributed by atoms with van der Waals surface area (Å²) in [6.07, 6.45) is 3.16. The highest BCUT2D eigenvalue weighted by atomic mass is 19.1. The summed E-state index contributed by atoms with van der Waals surface area (Å²) in [6.45, 7) is 0. The Hall–Kier alpha value is -3.47. The van der Waals surface area contributed by atoms with Crippen molar-refractivity contribution in [1.29, 1.82) is 0 Å². The molecule has 2 aliphatic rings. The number of nitrogens with one attached hydrogen (secondary N) is 3. The molecule has 0 aromatic carbocycles. The van der Waals surface area contributed by atoms with Gasteiger partial charge in [0.05, 0.1) is 24.4 Å². The Morgan fingerprint density at radius 2 is 2.16 bits per heavy atom. The molecule has 31 heavy (non-hydrogen) atoms. The second kappa shape index (κ2) is 7.34. The van der Waals surface area contributed by atoms with Crippen LogP contribution in [0.25, 0.3) is 5.65 Å². The molecular formula is C20H22FN7O3. The molecule has 3 aromatic heterocycles. The molecule has 0 saturated heterocycles. The number of halogens is 1. The van der Waals surface area contributed by atoms with Gasteiger partial charge in [-0.25, -0.2) is 9.37 Å². The van der Waals surface area contributed by atoms with Crippen LogP contribution in [0.4, 0.5) is 21.7 Å². The summed E-state index contributed by atoms with van der Waals surface area (Å²) in [5.41, 5.74) is 0.459. The number of hydrogen-bond donors (Lipinski definition) is 4. The first-order chi connectivity index (χ1) is 15.0. The van der Waals surface area contributed by atoms with Crippen molar-refractivity contribution in [1.82, 2.24) is 24.5 Å². The van der Waals surface area contributed by atoms with Gasteiger partial charge in [0.2, 0.25) is 0 Å². The fourth-order valence-electron chi connectivity index (χ4n) is 3.71. The van der Waals surface area contributed by atoms with E-state index in [2.05, 4.69) is 26.0 Å². The van der Waals surface area contributed by atoms with Crippen LogP contribution < -0.4 is 21.5 Å². The first-order valence-corrected chi connectivity index (χ1v) is 10.1. The summed E-state index contributed by atoms with van der Waals surface area (Å²) in [5, 5.41) is 22.7. The Balaban J connectivity index is 1.48. The van der Waals surface area contributed by atoms with Crippen LogP contribution in [0.1, 0.15) is 35.7 Å². The van der Waals surface area contributed by atoms with E-state index < -0.39 is 18.3 Å². The fourth-order valence-corrected chi connectivity index (χ4v) is 3.71. The predicted octanol–water partition coefficient (Wildman–Crippen LogP) is 1.21. The third-order valence-corrected chi connectivity index (χ3v) is 5.80. The van der Waals surface area contributed by atoms with Crippen LogP contribution in [0, 0.1) is 0 Å². The number of rotatable bonds is 6. The van der Waals surface area contributed by atoms with Gasteiger partial charge in [0, 0.05) is 25.7 Å². The van der Waals surface area contributed by atoms with E-state index in [0.717, 1.165) is 6.42 Å². The van der Waals surface area contributed by atoms with Crippen LogP contribution >= 0.6 is 0 Å². The third kappa shape index (κ3) is 3.40. The van der Waals surface area contributed by atoms with E-state index in [4.69, 9.17) is 0 Å². The number of nitrogens with zero attached hydrogens (tertiary/aromatic N) is 4. The van der Waals surface area contributed by atoms with Crippen LogP contribution in [-0.4, -0.2) is 55.5 Å². The lowest BCUT2D eigenvalue weighted by Crippen LogP contribution is -2.50. The highest BCUT2D eigenvalue weighted by Gasteiger charge is 2.39. The van der Waals surface area contributed by atoms with Crippen LogP contribution in [0.2, 0.25) is 0 Å². The molecule has 0 bridgehead atoms. The lowest BCUT2D eigenvalue weighted by molar-refractivity contribution is 0.0448. The van der Waals surface area contributed by atoms with Crippen molar-refractivity contribution in [2.24, 2.45) is 0 Å². The number of alkyl halides is 1. The molecule has 10 nitrogen and oxygen atoms in total. The number of aromatic nitrogens is 4. The van der Waals surface area contributed by atoms with Gasteiger partial charge in [0.25, 0.3) is 11.5 Å². The minimum Gasteiger partial charge on any atom is -0.391 e. The summed E-state index contributed by atoms with van der Waals surface area (Å²) in [5.74, 6) is 0.505. The SMILES string of the molecule is CNc1cc(Nc2cccn([C@@H]3C[C@H]3F)c2=O)nc2c(C(=O)N[C@H]3CC[C@H]3O)cnn12. The van der Waals surface area contributed by atoms with E-state index in [9.17, 15) is 19.1 Å². The molecular weight excluding hydrogens is 405 g/mol. The first kappa shape index (κ1) is 19.5. The normalized spacial score (nSPS) is 24.5. The molecule has 5 rings (SSSR count). The number of anilines is 3. The highest BCUT2D eigenvalue weighted by Crippen LogP contribution is 2.37. The zero-order valence-corrected chi connectivity index (χ0v) is 16.7. The van der Waals surface area contributed by atoms with Gasteiger partial charge in [-0.1, -0.05) is 0 Å². The van der Waals surface area contributed by atoms with E-state index in [-0.39, 0.29) is 28.8 Å². The van der Waals surface area contributed by atoms with E-state index in [1.165, 1.54) is 15.3 Å². The lowest BCUT2D eigenvalue weighted by atomic mass is 9.89. The summed E-state index contributed by atoms with van der Waals surface area (Å²) in [4.78, 5) is 29.9. The van der Waals surface area contributed by atoms with Crippen molar-refractivity contribution < 1.29 is 14.3 Å². The van der Waals surface area contributed by atoms with Gasteiger partial charge in [0.1, 0.15) is 29.1 Å². The molecule has 0 unspecified atom stereocenters. The predicted molar refractivity (Wildman–Crippen MR) is 112 cm³/mol. The summed E-state index contributed by atoms with van der Waals surface area (Å²) in [6, 6.07) is 4.22. The van der Waals surface area contributed by atoms with E-state index >= 15 is 0 Å². The Labute approximate surface area is 176 Å². The monoisotopic (exact) mass is 427 g/mol. The molecule has 3 heterocycles. The maximum absolute atomic E-state index is 13.4. The largest absolute Gasteiger partial charge is 0.391 e. The number of carbonyl (C=O) groups excluding carboxylic acids is 1. The number of amides is 1. The standard InChI is InChI=1S/C20H22FN7O3/c1-22-17-8-16(24-13-3-2-6-27(20(13)31)14-7-11(14)21)26-18-10(9-23-28(17)18)19(30)25-12-4-5-15(12)29/h2-3,6,8-9,11-12,14-15,22,29H,4-5,7H2,1H3,(H,24,26)(H,25,30)/t11-,12+,14-,15-/m1/s1. The molecule has 162 valence electrons. The van der Waals surface area contributed by atoms with Gasteiger partial charge >= 0.3 is 0 Å². The van der Waals surface area contributed by atoms with Crippen molar-refractivity contribution in [2.45, 2.75) is 43.6 Å². The maximum atomic E-state index is 13.4. The molecule has 4 N–H and O–H groups in total. The van der Waals surface area contributed by atoms with Crippen LogP contribution in [-0.2, 0) is 0 Å². The van der Waals surface area contributed by atoms with Gasteiger partial charge in [-0.2, -0.15) is 9.61 Å². The van der Waals surface area contributed by atoms with Crippen molar-refractivity contribution >= 4 is 28.9 Å². The average Bonchev–Trinajstić information content (AvgIpc) is 3.32. The van der Waals surface area contributed by atoms with E-state index in [1.807, 2.05) is 0 Å². The number of fused-ring (bicyclic) bond motifs is 1. The molecule has 1 amide bonds. The maximum Gasteiger partial charge on any atom is 0.274 e. The second-order valence-corrected chi connectivity index (χ2v) is 7.87. The molecule has 0 aliphatic heterocycles. The minimum absolute atomic E-state index is 0.253. The topological polar surface area (TPSA) is 126 Å². The van der Waals surface area contributed by atoms with Crippen molar-refractivity contribution in [3.8, 4) is 0 Å². The molecule has 0 radical (unpaired) electrons. The Bertz CT molecular complexity index is 1220. The number of pyridine rings is 1. The second-order valence-electron chi connectivity index (χ2n) is 7.87. The molecule has 11 heteroatoms. The van der Waals surface area contributed by atoms with Gasteiger partial charge in [-0.3, -0.25) is 9.59 Å². The highest BCUT2D eigenvalue weighted by molar-refractivity contribution is 6.00. The van der Waals surface area contributed by atoms with Crippen LogP contribution in [0.15, 0.2) is 35.4 Å². The third-order valence-electron chi connectivity index (χ3n) is 5.80. The van der Waals surface area contributed by atoms with Crippen molar-refractivity contribution in [3.05, 3.63) is 46.5 Å². The molecule has 2 fully saturated rings. The van der Waals surface area contributed by atoms with Crippen molar-refractivity contribution in [3.63, 3.8) is 0 Å². The summed E-state index contributed by atoms with van der Waals surface area (Å²) < 4.78 is 16.3. The number of aliphatic hydroxyl groups is 1. The molecule has 3 aromatic rings. The minimum atomic E-state index is -1.000. The zero-order valence-electron chi connectivity index (χ0n) is 16.7. The fraction of sp³-hybridized carbons (Fsp3) is 0.400.